The van der Waals surface area contributed by atoms with Crippen molar-refractivity contribution in [2.24, 2.45) is 0 Å². The van der Waals surface area contributed by atoms with Gasteiger partial charge in [0.15, 0.2) is 5.82 Å². The molecule has 44 heavy (non-hydrogen) atoms. The van der Waals surface area contributed by atoms with Crippen LogP contribution in [0.3, 0.4) is 0 Å². The van der Waals surface area contributed by atoms with Gasteiger partial charge in [0.2, 0.25) is 5.91 Å². The first-order chi connectivity index (χ1) is 21.4. The van der Waals surface area contributed by atoms with Crippen LogP contribution < -0.4 is 25.3 Å². The molecule has 1 aromatic heterocycles. The maximum Gasteiger partial charge on any atom is 0.247 e. The Balaban J connectivity index is 1.25. The van der Waals surface area contributed by atoms with E-state index in [1.54, 1.807) is 13.2 Å². The standard InChI is InChI=1S/C32H37F2N7O3/c1-3-32(42)38-25-17-26(29(43-2)18-28(25)40-13-11-39(12-14-40)22-6-4-5-7-22)37-30-19-31(36-20-35-30)41-27(10-15-44-41)23-9-8-21(33)16-24(23)34/h3,8-9,16-20,22,27H,1,4-7,10-15H2,2H3,(H,38,42)(H,35,36,37)/t27-/m1/s1. The lowest BCUT2D eigenvalue weighted by Gasteiger charge is -2.40. The number of methoxy groups -OCH3 is 1. The molecule has 1 aliphatic carbocycles. The van der Waals surface area contributed by atoms with Gasteiger partial charge in [-0.15, -0.1) is 0 Å². The lowest BCUT2D eigenvalue weighted by Crippen LogP contribution is -2.49. The number of amides is 1. The molecule has 2 aliphatic heterocycles. The average molecular weight is 606 g/mol. The molecule has 3 heterocycles. The van der Waals surface area contributed by atoms with E-state index in [1.807, 2.05) is 12.1 Å². The second-order valence-electron chi connectivity index (χ2n) is 11.2. The number of benzene rings is 2. The lowest BCUT2D eigenvalue weighted by atomic mass is 10.0. The van der Waals surface area contributed by atoms with Crippen molar-refractivity contribution in [1.29, 1.82) is 0 Å². The van der Waals surface area contributed by atoms with Crippen molar-refractivity contribution in [3.63, 3.8) is 0 Å². The topological polar surface area (TPSA) is 95.1 Å². The predicted molar refractivity (Wildman–Crippen MR) is 165 cm³/mol. The highest BCUT2D eigenvalue weighted by Gasteiger charge is 2.32. The molecule has 2 saturated heterocycles. The van der Waals surface area contributed by atoms with Crippen LogP contribution in [0.15, 0.2) is 55.4 Å². The third kappa shape index (κ3) is 6.31. The molecule has 1 amide bonds. The van der Waals surface area contributed by atoms with E-state index >= 15 is 0 Å². The van der Waals surface area contributed by atoms with Gasteiger partial charge in [-0.3, -0.25) is 14.5 Å². The summed E-state index contributed by atoms with van der Waals surface area (Å²) in [5.41, 5.74) is 2.39. The minimum absolute atomic E-state index is 0.318. The number of nitrogens with zero attached hydrogens (tertiary/aromatic N) is 5. The highest BCUT2D eigenvalue weighted by molar-refractivity contribution is 6.02. The number of hydrogen-bond donors (Lipinski definition) is 2. The SMILES string of the molecule is C=CC(=O)Nc1cc(Nc2cc(N3OCC[C@@H]3c3ccc(F)cc3F)ncn2)c(OC)cc1N1CCN(C2CCCC2)CC1. The number of ether oxygens (including phenoxy) is 1. The summed E-state index contributed by atoms with van der Waals surface area (Å²) in [5.74, 6) is -0.192. The average Bonchev–Trinajstić information content (AvgIpc) is 3.75. The van der Waals surface area contributed by atoms with Crippen LogP contribution in [-0.2, 0) is 9.63 Å². The molecule has 2 N–H and O–H groups in total. The van der Waals surface area contributed by atoms with Gasteiger partial charge in [0.05, 0.1) is 36.8 Å². The summed E-state index contributed by atoms with van der Waals surface area (Å²) in [6, 6.07) is 9.14. The number of aromatic nitrogens is 2. The fraction of sp³-hybridized carbons (Fsp3) is 0.406. The second kappa shape index (κ2) is 13.1. The zero-order valence-corrected chi connectivity index (χ0v) is 24.8. The van der Waals surface area contributed by atoms with Crippen LogP contribution in [0.2, 0.25) is 0 Å². The summed E-state index contributed by atoms with van der Waals surface area (Å²) in [7, 11) is 1.59. The fourth-order valence-electron chi connectivity index (χ4n) is 6.40. The molecule has 0 radical (unpaired) electrons. The van der Waals surface area contributed by atoms with Gasteiger partial charge in [0, 0.05) is 62.4 Å². The molecular weight excluding hydrogens is 568 g/mol. The number of hydrogen-bond acceptors (Lipinski definition) is 9. The smallest absolute Gasteiger partial charge is 0.247 e. The maximum absolute atomic E-state index is 14.6. The van der Waals surface area contributed by atoms with Crippen LogP contribution in [0.5, 0.6) is 5.75 Å². The summed E-state index contributed by atoms with van der Waals surface area (Å²) >= 11 is 0. The molecular formula is C32H37F2N7O3. The summed E-state index contributed by atoms with van der Waals surface area (Å²) in [4.78, 5) is 31.8. The molecule has 0 unspecified atom stereocenters. The van der Waals surface area contributed by atoms with Crippen molar-refractivity contribution < 1.29 is 23.1 Å². The number of carbonyl (C=O) groups excluding carboxylic acids is 1. The Morgan fingerprint density at radius 1 is 1.05 bits per heavy atom. The van der Waals surface area contributed by atoms with Crippen molar-refractivity contribution >= 4 is 34.6 Å². The Morgan fingerprint density at radius 3 is 2.57 bits per heavy atom. The number of anilines is 5. The Morgan fingerprint density at radius 2 is 1.84 bits per heavy atom. The zero-order valence-electron chi connectivity index (χ0n) is 24.8. The third-order valence-corrected chi connectivity index (χ3v) is 8.62. The summed E-state index contributed by atoms with van der Waals surface area (Å²) in [6.45, 7) is 7.57. The molecule has 0 spiro atoms. The summed E-state index contributed by atoms with van der Waals surface area (Å²) in [5, 5.41) is 7.76. The van der Waals surface area contributed by atoms with Crippen LogP contribution in [0.4, 0.5) is 37.5 Å². The van der Waals surface area contributed by atoms with Gasteiger partial charge >= 0.3 is 0 Å². The monoisotopic (exact) mass is 605 g/mol. The van der Waals surface area contributed by atoms with E-state index in [0.717, 1.165) is 37.9 Å². The van der Waals surface area contributed by atoms with Crippen LogP contribution in [-0.4, -0.2) is 66.7 Å². The van der Waals surface area contributed by atoms with Gasteiger partial charge in [0.1, 0.15) is 29.5 Å². The van der Waals surface area contributed by atoms with E-state index in [0.29, 0.717) is 53.4 Å². The Bertz CT molecular complexity index is 1510. The molecule has 10 nitrogen and oxygen atoms in total. The minimum atomic E-state index is -0.642. The van der Waals surface area contributed by atoms with E-state index in [4.69, 9.17) is 9.57 Å². The van der Waals surface area contributed by atoms with Crippen LogP contribution in [0, 0.1) is 11.6 Å². The van der Waals surface area contributed by atoms with Gasteiger partial charge in [-0.05, 0) is 31.1 Å². The molecule has 0 bridgehead atoms. The van der Waals surface area contributed by atoms with Crippen molar-refractivity contribution in [2.75, 3.05) is 60.5 Å². The molecule has 1 saturated carbocycles. The number of hydroxylamine groups is 1. The van der Waals surface area contributed by atoms with Crippen molar-refractivity contribution in [2.45, 2.75) is 44.2 Å². The highest BCUT2D eigenvalue weighted by Crippen LogP contribution is 2.40. The van der Waals surface area contributed by atoms with Gasteiger partial charge in [0.25, 0.3) is 0 Å². The summed E-state index contributed by atoms with van der Waals surface area (Å²) < 4.78 is 34.0. The molecule has 2 aromatic carbocycles. The number of rotatable bonds is 9. The van der Waals surface area contributed by atoms with E-state index in [1.165, 1.54) is 55.3 Å². The number of carbonyl (C=O) groups is 1. The molecule has 3 aromatic rings. The lowest BCUT2D eigenvalue weighted by molar-refractivity contribution is -0.111. The molecule has 12 heteroatoms. The summed E-state index contributed by atoms with van der Waals surface area (Å²) in [6.07, 6.45) is 8.28. The first kappa shape index (κ1) is 29.8. The second-order valence-corrected chi connectivity index (χ2v) is 11.2. The van der Waals surface area contributed by atoms with Crippen molar-refractivity contribution in [3.05, 3.63) is 72.6 Å². The van der Waals surface area contributed by atoms with Crippen LogP contribution in [0.1, 0.15) is 43.7 Å². The number of halogens is 2. The predicted octanol–water partition coefficient (Wildman–Crippen LogP) is 5.58. The molecule has 3 aliphatic rings. The normalized spacial score (nSPS) is 19.3. The first-order valence-corrected chi connectivity index (χ1v) is 15.0. The Labute approximate surface area is 255 Å². The van der Waals surface area contributed by atoms with Crippen molar-refractivity contribution in [1.82, 2.24) is 14.9 Å². The fourth-order valence-corrected chi connectivity index (χ4v) is 6.40. The van der Waals surface area contributed by atoms with Crippen LogP contribution >= 0.6 is 0 Å². The van der Waals surface area contributed by atoms with Gasteiger partial charge in [-0.25, -0.2) is 23.8 Å². The van der Waals surface area contributed by atoms with E-state index in [9.17, 15) is 13.6 Å². The molecule has 232 valence electrons. The number of piperazine rings is 1. The molecule has 6 rings (SSSR count). The molecule has 1 atom stereocenters. The Kier molecular flexibility index (Phi) is 8.89. The van der Waals surface area contributed by atoms with Gasteiger partial charge in [-0.1, -0.05) is 25.5 Å². The minimum Gasteiger partial charge on any atom is -0.494 e. The third-order valence-electron chi connectivity index (χ3n) is 8.62. The van der Waals surface area contributed by atoms with Gasteiger partial charge < -0.3 is 20.3 Å². The maximum atomic E-state index is 14.6. The zero-order chi connectivity index (χ0) is 30.6. The van der Waals surface area contributed by atoms with E-state index in [2.05, 4.69) is 37.0 Å². The quantitative estimate of drug-likeness (QED) is 0.303. The van der Waals surface area contributed by atoms with Gasteiger partial charge in [-0.2, -0.15) is 0 Å². The molecule has 3 fully saturated rings. The van der Waals surface area contributed by atoms with Crippen molar-refractivity contribution in [3.8, 4) is 5.75 Å². The van der Waals surface area contributed by atoms with Crippen LogP contribution in [0.25, 0.3) is 0 Å². The first-order valence-electron chi connectivity index (χ1n) is 15.0. The highest BCUT2D eigenvalue weighted by atomic mass is 19.1. The number of nitrogens with one attached hydrogen (secondary N) is 2. The Hall–Kier alpha value is -4.29. The van der Waals surface area contributed by atoms with E-state index in [-0.39, 0.29) is 5.91 Å². The largest absolute Gasteiger partial charge is 0.494 e. The van der Waals surface area contributed by atoms with E-state index < -0.39 is 17.7 Å².